The first-order valence-corrected chi connectivity index (χ1v) is 9.66. The van der Waals surface area contributed by atoms with Crippen molar-refractivity contribution in [2.75, 3.05) is 25.0 Å². The van der Waals surface area contributed by atoms with Gasteiger partial charge in [0.2, 0.25) is 5.91 Å². The van der Waals surface area contributed by atoms with E-state index in [2.05, 4.69) is 10.6 Å². The van der Waals surface area contributed by atoms with Crippen LogP contribution in [-0.2, 0) is 16.1 Å². The van der Waals surface area contributed by atoms with Gasteiger partial charge in [0.25, 0.3) is 0 Å². The van der Waals surface area contributed by atoms with Crippen LogP contribution in [0.15, 0.2) is 48.5 Å². The molecule has 6 heteroatoms. The maximum absolute atomic E-state index is 11.9. The van der Waals surface area contributed by atoms with Crippen LogP contribution >= 0.6 is 11.6 Å². The summed E-state index contributed by atoms with van der Waals surface area (Å²) < 4.78 is 11.3. The van der Waals surface area contributed by atoms with Gasteiger partial charge in [0, 0.05) is 36.8 Å². The van der Waals surface area contributed by atoms with Gasteiger partial charge in [0.15, 0.2) is 0 Å². The van der Waals surface area contributed by atoms with E-state index in [0.29, 0.717) is 26.1 Å². The number of hydrogen-bond acceptors (Lipinski definition) is 4. The molecule has 144 valence electrons. The summed E-state index contributed by atoms with van der Waals surface area (Å²) in [6.07, 6.45) is 2.73. The summed E-state index contributed by atoms with van der Waals surface area (Å²) in [6.45, 7) is 2.50. The number of benzene rings is 2. The molecule has 1 heterocycles. The lowest BCUT2D eigenvalue weighted by molar-refractivity contribution is -0.121. The summed E-state index contributed by atoms with van der Waals surface area (Å²) in [6, 6.07) is 15.3. The van der Waals surface area contributed by atoms with Crippen LogP contribution in [0, 0.1) is 0 Å². The Labute approximate surface area is 165 Å². The van der Waals surface area contributed by atoms with Gasteiger partial charge in [0.1, 0.15) is 12.4 Å². The van der Waals surface area contributed by atoms with Crippen molar-refractivity contribution in [3.8, 4) is 5.75 Å². The second-order valence-electron chi connectivity index (χ2n) is 6.56. The van der Waals surface area contributed by atoms with E-state index in [1.54, 1.807) is 0 Å². The fraction of sp³-hybridized carbons (Fsp3) is 0.381. The molecule has 2 aromatic carbocycles. The number of anilines is 1. The lowest BCUT2D eigenvalue weighted by Crippen LogP contribution is -2.32. The Morgan fingerprint density at radius 1 is 1.15 bits per heavy atom. The predicted octanol–water partition coefficient (Wildman–Crippen LogP) is 4.02. The molecule has 1 amide bonds. The highest BCUT2D eigenvalue weighted by Crippen LogP contribution is 2.18. The number of rotatable bonds is 9. The molecule has 1 aliphatic heterocycles. The van der Waals surface area contributed by atoms with Crippen LogP contribution in [0.1, 0.15) is 24.8 Å². The summed E-state index contributed by atoms with van der Waals surface area (Å²) in [5.41, 5.74) is 2.02. The minimum absolute atomic E-state index is 0.0425. The van der Waals surface area contributed by atoms with Crippen LogP contribution in [0.4, 0.5) is 5.69 Å². The minimum Gasteiger partial charge on any atom is -0.489 e. The minimum atomic E-state index is 0.0425. The second kappa shape index (κ2) is 10.2. The van der Waals surface area contributed by atoms with Gasteiger partial charge in [0.05, 0.1) is 6.10 Å². The fourth-order valence-corrected chi connectivity index (χ4v) is 2.98. The zero-order valence-corrected chi connectivity index (χ0v) is 16.0. The van der Waals surface area contributed by atoms with E-state index in [-0.39, 0.29) is 12.0 Å². The summed E-state index contributed by atoms with van der Waals surface area (Å²) in [5.74, 6) is 0.839. The van der Waals surface area contributed by atoms with Crippen LogP contribution in [-0.4, -0.2) is 31.7 Å². The number of ether oxygens (including phenoxy) is 2. The number of carbonyl (C=O) groups is 1. The highest BCUT2D eigenvalue weighted by atomic mass is 35.5. The predicted molar refractivity (Wildman–Crippen MR) is 107 cm³/mol. The molecule has 1 aliphatic rings. The van der Waals surface area contributed by atoms with E-state index in [4.69, 9.17) is 21.1 Å². The maximum Gasteiger partial charge on any atom is 0.221 e. The van der Waals surface area contributed by atoms with Crippen LogP contribution in [0.2, 0.25) is 5.02 Å². The Balaban J connectivity index is 1.33. The average molecular weight is 389 g/mol. The molecule has 27 heavy (non-hydrogen) atoms. The topological polar surface area (TPSA) is 59.6 Å². The zero-order valence-electron chi connectivity index (χ0n) is 15.2. The Hall–Kier alpha value is -2.24. The van der Waals surface area contributed by atoms with Gasteiger partial charge in [-0.2, -0.15) is 0 Å². The van der Waals surface area contributed by atoms with Gasteiger partial charge in [-0.3, -0.25) is 4.79 Å². The van der Waals surface area contributed by atoms with Gasteiger partial charge in [-0.1, -0.05) is 23.7 Å². The molecule has 5 nitrogen and oxygen atoms in total. The molecule has 1 unspecified atom stereocenters. The first-order chi connectivity index (χ1) is 13.2. The lowest BCUT2D eigenvalue weighted by Gasteiger charge is -2.11. The van der Waals surface area contributed by atoms with Crippen molar-refractivity contribution in [1.29, 1.82) is 0 Å². The Morgan fingerprint density at radius 3 is 2.63 bits per heavy atom. The molecule has 1 fully saturated rings. The average Bonchev–Trinajstić information content (AvgIpc) is 3.21. The molecule has 0 saturated carbocycles. The van der Waals surface area contributed by atoms with Crippen molar-refractivity contribution >= 4 is 23.2 Å². The third-order valence-electron chi connectivity index (χ3n) is 4.41. The maximum atomic E-state index is 11.9. The van der Waals surface area contributed by atoms with Crippen LogP contribution < -0.4 is 15.4 Å². The highest BCUT2D eigenvalue weighted by Gasteiger charge is 2.15. The third kappa shape index (κ3) is 6.77. The Morgan fingerprint density at radius 2 is 1.93 bits per heavy atom. The van der Waals surface area contributed by atoms with Crippen molar-refractivity contribution in [3.05, 3.63) is 59.1 Å². The zero-order chi connectivity index (χ0) is 18.9. The van der Waals surface area contributed by atoms with Gasteiger partial charge in [-0.05, 0) is 54.8 Å². The third-order valence-corrected chi connectivity index (χ3v) is 4.66. The van der Waals surface area contributed by atoms with Gasteiger partial charge < -0.3 is 20.1 Å². The first kappa shape index (κ1) is 19.5. The molecule has 2 N–H and O–H groups in total. The molecule has 0 spiro atoms. The van der Waals surface area contributed by atoms with E-state index in [9.17, 15) is 4.79 Å². The van der Waals surface area contributed by atoms with E-state index < -0.39 is 0 Å². The second-order valence-corrected chi connectivity index (χ2v) is 6.99. The van der Waals surface area contributed by atoms with Crippen molar-refractivity contribution in [1.82, 2.24) is 5.32 Å². The standard InChI is InChI=1S/C21H25ClN2O3/c22-17-5-3-16(4-6-17)15-27-19-9-7-18(8-10-19)23-12-11-21(25)24-14-20-2-1-13-26-20/h3-10,20,23H,1-2,11-15H2,(H,24,25). The van der Waals surface area contributed by atoms with Crippen LogP contribution in [0.3, 0.4) is 0 Å². The SMILES string of the molecule is O=C(CCNc1ccc(OCc2ccc(Cl)cc2)cc1)NCC1CCCO1. The Bertz CT molecular complexity index is 713. The van der Waals surface area contributed by atoms with E-state index in [1.165, 1.54) is 0 Å². The largest absolute Gasteiger partial charge is 0.489 e. The fourth-order valence-electron chi connectivity index (χ4n) is 2.86. The number of nitrogens with one attached hydrogen (secondary N) is 2. The molecule has 0 radical (unpaired) electrons. The van der Waals surface area contributed by atoms with Crippen molar-refractivity contribution in [2.45, 2.75) is 32.0 Å². The van der Waals surface area contributed by atoms with Gasteiger partial charge >= 0.3 is 0 Å². The van der Waals surface area contributed by atoms with E-state index >= 15 is 0 Å². The number of amides is 1. The summed E-state index contributed by atoms with van der Waals surface area (Å²) >= 11 is 5.88. The van der Waals surface area contributed by atoms with Crippen LogP contribution in [0.5, 0.6) is 5.75 Å². The first-order valence-electron chi connectivity index (χ1n) is 9.28. The van der Waals surface area contributed by atoms with Gasteiger partial charge in [-0.25, -0.2) is 0 Å². The normalized spacial score (nSPS) is 16.1. The molecule has 1 saturated heterocycles. The van der Waals surface area contributed by atoms with Crippen molar-refractivity contribution in [2.24, 2.45) is 0 Å². The molecule has 0 bridgehead atoms. The summed E-state index contributed by atoms with van der Waals surface area (Å²) in [4.78, 5) is 11.9. The number of halogens is 1. The monoisotopic (exact) mass is 388 g/mol. The molecular weight excluding hydrogens is 364 g/mol. The molecule has 1 atom stereocenters. The van der Waals surface area contributed by atoms with Crippen molar-refractivity contribution < 1.29 is 14.3 Å². The Kier molecular flexibility index (Phi) is 7.36. The number of hydrogen-bond donors (Lipinski definition) is 2. The van der Waals surface area contributed by atoms with Crippen molar-refractivity contribution in [3.63, 3.8) is 0 Å². The molecular formula is C21H25ClN2O3. The molecule has 0 aromatic heterocycles. The highest BCUT2D eigenvalue weighted by molar-refractivity contribution is 6.30. The smallest absolute Gasteiger partial charge is 0.221 e. The lowest BCUT2D eigenvalue weighted by atomic mass is 10.2. The number of carbonyl (C=O) groups excluding carboxylic acids is 1. The summed E-state index contributed by atoms with van der Waals surface area (Å²) in [5, 5.41) is 6.89. The quantitative estimate of drug-likeness (QED) is 0.681. The van der Waals surface area contributed by atoms with E-state index in [0.717, 1.165) is 41.5 Å². The van der Waals surface area contributed by atoms with Gasteiger partial charge in [-0.15, -0.1) is 0 Å². The van der Waals surface area contributed by atoms with Crippen LogP contribution in [0.25, 0.3) is 0 Å². The van der Waals surface area contributed by atoms with E-state index in [1.807, 2.05) is 48.5 Å². The summed E-state index contributed by atoms with van der Waals surface area (Å²) in [7, 11) is 0. The molecule has 0 aliphatic carbocycles. The molecule has 2 aromatic rings. The molecule has 3 rings (SSSR count).